The van der Waals surface area contributed by atoms with Crippen molar-refractivity contribution >= 4 is 12.0 Å². The molecule has 0 radical (unpaired) electrons. The zero-order chi connectivity index (χ0) is 15.5. The molecule has 0 bridgehead atoms. The minimum Gasteiger partial charge on any atom is -0.444 e. The Hall–Kier alpha value is -2.29. The summed E-state index contributed by atoms with van der Waals surface area (Å²) in [5.74, 6) is 2.99. The molecule has 112 valence electrons. The van der Waals surface area contributed by atoms with Crippen LogP contribution in [0.1, 0.15) is 32.8 Å². The molecule has 1 N–H and O–H groups in total. The second kappa shape index (κ2) is 6.00. The number of aromatic nitrogens is 2. The Kier molecular flexibility index (Phi) is 4.32. The van der Waals surface area contributed by atoms with E-state index in [1.165, 1.54) is 0 Å². The van der Waals surface area contributed by atoms with E-state index < -0.39 is 5.60 Å². The predicted octanol–water partition coefficient (Wildman–Crippen LogP) is 1.88. The number of carbonyl (C=O) groups is 1. The van der Waals surface area contributed by atoms with Gasteiger partial charge in [-0.25, -0.2) is 14.8 Å². The van der Waals surface area contributed by atoms with Crippen molar-refractivity contribution in [3.8, 4) is 12.3 Å². The summed E-state index contributed by atoms with van der Waals surface area (Å²) >= 11 is 0. The molecule has 1 aromatic heterocycles. The average Bonchev–Trinajstić information content (AvgIpc) is 2.86. The van der Waals surface area contributed by atoms with Gasteiger partial charge < -0.3 is 15.0 Å². The molecule has 2 rings (SSSR count). The summed E-state index contributed by atoms with van der Waals surface area (Å²) in [6.07, 6.45) is 8.99. The third-order valence-corrected chi connectivity index (χ3v) is 2.99. The highest BCUT2D eigenvalue weighted by atomic mass is 16.6. The maximum absolute atomic E-state index is 12.0. The van der Waals surface area contributed by atoms with Crippen LogP contribution in [-0.2, 0) is 4.74 Å². The van der Waals surface area contributed by atoms with Crippen LogP contribution in [0.4, 0.5) is 10.7 Å². The van der Waals surface area contributed by atoms with E-state index in [2.05, 4.69) is 21.2 Å². The van der Waals surface area contributed by atoms with Gasteiger partial charge in [0.15, 0.2) is 0 Å². The van der Waals surface area contributed by atoms with Crippen molar-refractivity contribution in [3.63, 3.8) is 0 Å². The maximum Gasteiger partial charge on any atom is 0.410 e. The fourth-order valence-electron chi connectivity index (χ4n) is 2.03. The lowest BCUT2D eigenvalue weighted by Crippen LogP contribution is -2.36. The highest BCUT2D eigenvalue weighted by Gasteiger charge is 2.29. The number of hydrogen-bond donors (Lipinski definition) is 1. The van der Waals surface area contributed by atoms with Crippen molar-refractivity contribution in [3.05, 3.63) is 18.0 Å². The van der Waals surface area contributed by atoms with Crippen molar-refractivity contribution in [2.24, 2.45) is 0 Å². The van der Waals surface area contributed by atoms with E-state index in [0.717, 1.165) is 6.42 Å². The molecule has 0 spiro atoms. The number of rotatable bonds is 2. The second-order valence-corrected chi connectivity index (χ2v) is 6.00. The molecule has 2 heterocycles. The fraction of sp³-hybridized carbons (Fsp3) is 0.533. The molecule has 1 unspecified atom stereocenters. The number of anilines is 1. The third-order valence-electron chi connectivity index (χ3n) is 2.99. The lowest BCUT2D eigenvalue weighted by atomic mass is 10.2. The van der Waals surface area contributed by atoms with Gasteiger partial charge in [0.05, 0.1) is 5.56 Å². The Labute approximate surface area is 124 Å². The van der Waals surface area contributed by atoms with Gasteiger partial charge in [-0.05, 0) is 27.2 Å². The normalized spacial score (nSPS) is 18.2. The molecular formula is C15H20N4O2. The minimum atomic E-state index is -0.475. The zero-order valence-corrected chi connectivity index (χ0v) is 12.6. The van der Waals surface area contributed by atoms with Crippen LogP contribution < -0.4 is 5.32 Å². The zero-order valence-electron chi connectivity index (χ0n) is 12.6. The Morgan fingerprint density at radius 1 is 1.48 bits per heavy atom. The van der Waals surface area contributed by atoms with Gasteiger partial charge in [-0.3, -0.25) is 0 Å². The number of nitrogens with one attached hydrogen (secondary N) is 1. The monoisotopic (exact) mass is 288 g/mol. The van der Waals surface area contributed by atoms with Gasteiger partial charge in [0.2, 0.25) is 5.95 Å². The average molecular weight is 288 g/mol. The topological polar surface area (TPSA) is 67.4 Å². The standard InChI is InChI=1S/C15H20N4O2/c1-5-11-8-16-13(17-9-11)18-12-6-7-19(10-12)14(20)21-15(2,3)4/h1,8-9,12H,6-7,10H2,2-4H3,(H,16,17,18). The summed E-state index contributed by atoms with van der Waals surface area (Å²) in [5.41, 5.74) is 0.166. The third kappa shape index (κ3) is 4.35. The molecule has 1 aliphatic rings. The largest absolute Gasteiger partial charge is 0.444 e. The lowest BCUT2D eigenvalue weighted by Gasteiger charge is -2.24. The van der Waals surface area contributed by atoms with Gasteiger partial charge in [0.25, 0.3) is 0 Å². The number of ether oxygens (including phenoxy) is 1. The van der Waals surface area contributed by atoms with E-state index in [0.29, 0.717) is 24.6 Å². The quantitative estimate of drug-likeness (QED) is 0.842. The number of nitrogens with zero attached hydrogens (tertiary/aromatic N) is 3. The molecule has 1 aromatic rings. The van der Waals surface area contributed by atoms with Crippen LogP contribution in [0.3, 0.4) is 0 Å². The van der Waals surface area contributed by atoms with Crippen molar-refractivity contribution in [1.29, 1.82) is 0 Å². The maximum atomic E-state index is 12.0. The summed E-state index contributed by atoms with van der Waals surface area (Å²) in [6, 6.07) is 0.120. The first-order chi connectivity index (χ1) is 9.87. The Morgan fingerprint density at radius 2 is 2.14 bits per heavy atom. The van der Waals surface area contributed by atoms with Crippen molar-refractivity contribution in [2.45, 2.75) is 38.8 Å². The Bertz CT molecular complexity index is 542. The summed E-state index contributed by atoms with van der Waals surface area (Å²) in [5, 5.41) is 3.20. The van der Waals surface area contributed by atoms with Gasteiger partial charge in [0.1, 0.15) is 5.60 Å². The van der Waals surface area contributed by atoms with Gasteiger partial charge in [0, 0.05) is 31.5 Å². The Balaban J connectivity index is 1.87. The van der Waals surface area contributed by atoms with Crippen LogP contribution >= 0.6 is 0 Å². The van der Waals surface area contributed by atoms with Gasteiger partial charge in [-0.2, -0.15) is 0 Å². The molecule has 1 aliphatic heterocycles. The molecule has 1 atom stereocenters. The van der Waals surface area contributed by atoms with Crippen molar-refractivity contribution in [2.75, 3.05) is 18.4 Å². The predicted molar refractivity (Wildman–Crippen MR) is 79.8 cm³/mol. The number of terminal acetylenes is 1. The van der Waals surface area contributed by atoms with Gasteiger partial charge >= 0.3 is 6.09 Å². The van der Waals surface area contributed by atoms with E-state index in [-0.39, 0.29) is 12.1 Å². The van der Waals surface area contributed by atoms with Crippen molar-refractivity contribution < 1.29 is 9.53 Å². The summed E-state index contributed by atoms with van der Waals surface area (Å²) in [6.45, 7) is 6.82. The molecule has 6 heteroatoms. The molecule has 1 fully saturated rings. The smallest absolute Gasteiger partial charge is 0.410 e. The number of hydrogen-bond acceptors (Lipinski definition) is 5. The molecule has 0 aliphatic carbocycles. The van der Waals surface area contributed by atoms with Crippen LogP contribution in [0.25, 0.3) is 0 Å². The number of likely N-dealkylation sites (tertiary alicyclic amines) is 1. The summed E-state index contributed by atoms with van der Waals surface area (Å²) < 4.78 is 5.36. The molecule has 0 aromatic carbocycles. The van der Waals surface area contributed by atoms with E-state index >= 15 is 0 Å². The highest BCUT2D eigenvalue weighted by Crippen LogP contribution is 2.17. The Morgan fingerprint density at radius 3 is 2.71 bits per heavy atom. The van der Waals surface area contributed by atoms with Crippen molar-refractivity contribution in [1.82, 2.24) is 14.9 Å². The molecule has 0 saturated carbocycles. The van der Waals surface area contributed by atoms with Crippen LogP contribution in [-0.4, -0.2) is 45.7 Å². The van der Waals surface area contributed by atoms with E-state index in [1.54, 1.807) is 17.3 Å². The SMILES string of the molecule is C#Cc1cnc(NC2CCN(C(=O)OC(C)(C)C)C2)nc1. The molecule has 1 amide bonds. The molecule has 6 nitrogen and oxygen atoms in total. The minimum absolute atomic E-state index is 0.120. The molecule has 21 heavy (non-hydrogen) atoms. The first-order valence-electron chi connectivity index (χ1n) is 6.90. The molecular weight excluding hydrogens is 268 g/mol. The van der Waals surface area contributed by atoms with Crippen LogP contribution in [0.2, 0.25) is 0 Å². The fourth-order valence-corrected chi connectivity index (χ4v) is 2.03. The summed E-state index contributed by atoms with van der Waals surface area (Å²) in [4.78, 5) is 21.9. The second-order valence-electron chi connectivity index (χ2n) is 6.00. The first kappa shape index (κ1) is 15.1. The molecule has 1 saturated heterocycles. The summed E-state index contributed by atoms with van der Waals surface area (Å²) in [7, 11) is 0. The van der Waals surface area contributed by atoms with Gasteiger partial charge in [-0.1, -0.05) is 5.92 Å². The van der Waals surface area contributed by atoms with Crippen LogP contribution in [0.5, 0.6) is 0 Å². The highest BCUT2D eigenvalue weighted by molar-refractivity contribution is 5.68. The van der Waals surface area contributed by atoms with Crippen LogP contribution in [0, 0.1) is 12.3 Å². The van der Waals surface area contributed by atoms with E-state index in [1.807, 2.05) is 20.8 Å². The van der Waals surface area contributed by atoms with Crippen LogP contribution in [0.15, 0.2) is 12.4 Å². The lowest BCUT2D eigenvalue weighted by molar-refractivity contribution is 0.0293. The number of carbonyl (C=O) groups excluding carboxylic acids is 1. The number of amides is 1. The van der Waals surface area contributed by atoms with Gasteiger partial charge in [-0.15, -0.1) is 6.42 Å². The van der Waals surface area contributed by atoms with E-state index in [9.17, 15) is 4.79 Å². The first-order valence-corrected chi connectivity index (χ1v) is 6.90. The van der Waals surface area contributed by atoms with E-state index in [4.69, 9.17) is 11.2 Å².